The molecule has 4 heteroatoms. The van der Waals surface area contributed by atoms with Crippen LogP contribution in [0.5, 0.6) is 5.75 Å². The standard InChI is InChI=1S/C14H24N2O2/c1-5-18-12-7-6-8-15-13(12)16-10-14(4,17)9-11(2)3/h6-8,11,17H,5,9-10H2,1-4H3,(H,15,16). The van der Waals surface area contributed by atoms with Gasteiger partial charge in [0, 0.05) is 12.7 Å². The first-order valence-electron chi connectivity index (χ1n) is 6.48. The van der Waals surface area contributed by atoms with E-state index in [-0.39, 0.29) is 0 Å². The number of rotatable bonds is 7. The molecule has 1 aromatic heterocycles. The minimum absolute atomic E-state index is 0.455. The third-order valence-corrected chi connectivity index (χ3v) is 2.56. The van der Waals surface area contributed by atoms with Gasteiger partial charge in [0.1, 0.15) is 0 Å². The van der Waals surface area contributed by atoms with E-state index < -0.39 is 5.60 Å². The summed E-state index contributed by atoms with van der Waals surface area (Å²) in [7, 11) is 0. The molecule has 0 saturated heterocycles. The SMILES string of the molecule is CCOc1cccnc1NCC(C)(O)CC(C)C. The van der Waals surface area contributed by atoms with E-state index in [4.69, 9.17) is 4.74 Å². The van der Waals surface area contributed by atoms with E-state index in [1.807, 2.05) is 26.0 Å². The van der Waals surface area contributed by atoms with Gasteiger partial charge in [-0.1, -0.05) is 13.8 Å². The second-order valence-corrected chi connectivity index (χ2v) is 5.23. The Labute approximate surface area is 109 Å². The van der Waals surface area contributed by atoms with Crippen LogP contribution >= 0.6 is 0 Å². The topological polar surface area (TPSA) is 54.4 Å². The molecular formula is C14H24N2O2. The molecule has 1 aromatic rings. The number of hydrogen-bond acceptors (Lipinski definition) is 4. The van der Waals surface area contributed by atoms with Crippen LogP contribution in [0.15, 0.2) is 18.3 Å². The average molecular weight is 252 g/mol. The number of aromatic nitrogens is 1. The third-order valence-electron chi connectivity index (χ3n) is 2.56. The highest BCUT2D eigenvalue weighted by molar-refractivity contribution is 5.49. The van der Waals surface area contributed by atoms with Gasteiger partial charge in [-0.2, -0.15) is 0 Å². The summed E-state index contributed by atoms with van der Waals surface area (Å²) in [6, 6.07) is 3.71. The number of anilines is 1. The van der Waals surface area contributed by atoms with Crippen molar-refractivity contribution in [1.82, 2.24) is 4.98 Å². The summed E-state index contributed by atoms with van der Waals surface area (Å²) in [5, 5.41) is 13.4. The molecule has 1 atom stereocenters. The molecular weight excluding hydrogens is 228 g/mol. The Morgan fingerprint density at radius 3 is 2.83 bits per heavy atom. The predicted octanol–water partition coefficient (Wildman–Crippen LogP) is 2.69. The number of pyridine rings is 1. The molecule has 0 saturated carbocycles. The van der Waals surface area contributed by atoms with Crippen molar-refractivity contribution in [2.45, 2.75) is 39.7 Å². The summed E-state index contributed by atoms with van der Waals surface area (Å²) in [6.45, 7) is 9.03. The first kappa shape index (κ1) is 14.8. The molecule has 0 aromatic carbocycles. The lowest BCUT2D eigenvalue weighted by molar-refractivity contribution is 0.0514. The van der Waals surface area contributed by atoms with Crippen LogP contribution in [0, 0.1) is 5.92 Å². The number of aliphatic hydroxyl groups is 1. The van der Waals surface area contributed by atoms with Gasteiger partial charge >= 0.3 is 0 Å². The van der Waals surface area contributed by atoms with Crippen LogP contribution < -0.4 is 10.1 Å². The Hall–Kier alpha value is -1.29. The van der Waals surface area contributed by atoms with Gasteiger partial charge in [0.05, 0.1) is 12.2 Å². The maximum Gasteiger partial charge on any atom is 0.168 e. The largest absolute Gasteiger partial charge is 0.490 e. The molecule has 0 amide bonds. The molecule has 1 unspecified atom stereocenters. The molecule has 4 nitrogen and oxygen atoms in total. The molecule has 1 rings (SSSR count). The molecule has 0 spiro atoms. The van der Waals surface area contributed by atoms with Crippen molar-refractivity contribution >= 4 is 5.82 Å². The van der Waals surface area contributed by atoms with Crippen molar-refractivity contribution in [3.63, 3.8) is 0 Å². The van der Waals surface area contributed by atoms with Gasteiger partial charge in [-0.25, -0.2) is 4.98 Å². The lowest BCUT2D eigenvalue weighted by atomic mass is 9.94. The van der Waals surface area contributed by atoms with Crippen molar-refractivity contribution in [3.05, 3.63) is 18.3 Å². The molecule has 0 aliphatic rings. The molecule has 1 heterocycles. The van der Waals surface area contributed by atoms with Gasteiger partial charge in [-0.15, -0.1) is 0 Å². The summed E-state index contributed by atoms with van der Waals surface area (Å²) in [5.74, 6) is 1.86. The van der Waals surface area contributed by atoms with Crippen LogP contribution in [0.25, 0.3) is 0 Å². The van der Waals surface area contributed by atoms with Crippen molar-refractivity contribution in [1.29, 1.82) is 0 Å². The number of nitrogens with zero attached hydrogens (tertiary/aromatic N) is 1. The van der Waals surface area contributed by atoms with Gasteiger partial charge in [0.25, 0.3) is 0 Å². The molecule has 18 heavy (non-hydrogen) atoms. The second kappa shape index (κ2) is 6.59. The van der Waals surface area contributed by atoms with Crippen molar-refractivity contribution in [2.75, 3.05) is 18.5 Å². The second-order valence-electron chi connectivity index (χ2n) is 5.23. The van der Waals surface area contributed by atoms with Crippen LogP contribution in [0.2, 0.25) is 0 Å². The average Bonchev–Trinajstić information content (AvgIpc) is 2.27. The van der Waals surface area contributed by atoms with Crippen LogP contribution in [0.4, 0.5) is 5.82 Å². The number of nitrogens with one attached hydrogen (secondary N) is 1. The Bertz CT molecular complexity index is 365. The van der Waals surface area contributed by atoms with Gasteiger partial charge in [-0.3, -0.25) is 0 Å². The summed E-state index contributed by atoms with van der Waals surface area (Å²) in [6.07, 6.45) is 2.46. The van der Waals surface area contributed by atoms with Gasteiger partial charge in [0.15, 0.2) is 11.6 Å². The Morgan fingerprint density at radius 1 is 1.50 bits per heavy atom. The van der Waals surface area contributed by atoms with Crippen molar-refractivity contribution in [3.8, 4) is 5.75 Å². The van der Waals surface area contributed by atoms with E-state index >= 15 is 0 Å². The molecule has 0 radical (unpaired) electrons. The summed E-state index contributed by atoms with van der Waals surface area (Å²) < 4.78 is 5.48. The van der Waals surface area contributed by atoms with Crippen LogP contribution in [-0.4, -0.2) is 28.8 Å². The predicted molar refractivity (Wildman–Crippen MR) is 74.0 cm³/mol. The van der Waals surface area contributed by atoms with E-state index in [9.17, 15) is 5.11 Å². The summed E-state index contributed by atoms with van der Waals surface area (Å²) in [5.41, 5.74) is -0.741. The maximum atomic E-state index is 10.2. The van der Waals surface area contributed by atoms with Gasteiger partial charge < -0.3 is 15.2 Å². The van der Waals surface area contributed by atoms with E-state index in [0.717, 1.165) is 12.2 Å². The highest BCUT2D eigenvalue weighted by Gasteiger charge is 2.22. The molecule has 0 bridgehead atoms. The lowest BCUT2D eigenvalue weighted by Gasteiger charge is -2.26. The Balaban J connectivity index is 2.62. The quantitative estimate of drug-likeness (QED) is 0.783. The fourth-order valence-corrected chi connectivity index (χ4v) is 2.02. The van der Waals surface area contributed by atoms with Gasteiger partial charge in [0.2, 0.25) is 0 Å². The van der Waals surface area contributed by atoms with E-state index in [1.165, 1.54) is 0 Å². The van der Waals surface area contributed by atoms with Crippen LogP contribution in [-0.2, 0) is 0 Å². The zero-order valence-corrected chi connectivity index (χ0v) is 11.7. The first-order chi connectivity index (χ1) is 8.44. The zero-order valence-electron chi connectivity index (χ0n) is 11.7. The number of hydrogen-bond donors (Lipinski definition) is 2. The Morgan fingerprint density at radius 2 is 2.22 bits per heavy atom. The van der Waals surface area contributed by atoms with E-state index in [1.54, 1.807) is 6.20 Å². The fourth-order valence-electron chi connectivity index (χ4n) is 2.02. The third kappa shape index (κ3) is 4.92. The lowest BCUT2D eigenvalue weighted by Crippen LogP contribution is -2.35. The first-order valence-corrected chi connectivity index (χ1v) is 6.48. The summed E-state index contributed by atoms with van der Waals surface area (Å²) in [4.78, 5) is 4.23. The van der Waals surface area contributed by atoms with Crippen molar-refractivity contribution in [2.24, 2.45) is 5.92 Å². The number of ether oxygens (including phenoxy) is 1. The van der Waals surface area contributed by atoms with Gasteiger partial charge in [-0.05, 0) is 38.3 Å². The highest BCUT2D eigenvalue weighted by Crippen LogP contribution is 2.23. The zero-order chi connectivity index (χ0) is 13.6. The maximum absolute atomic E-state index is 10.2. The normalized spacial score (nSPS) is 14.3. The van der Waals surface area contributed by atoms with E-state index in [0.29, 0.717) is 24.9 Å². The highest BCUT2D eigenvalue weighted by atomic mass is 16.5. The summed E-state index contributed by atoms with van der Waals surface area (Å²) >= 11 is 0. The Kier molecular flexibility index (Phi) is 5.41. The van der Waals surface area contributed by atoms with E-state index in [2.05, 4.69) is 24.1 Å². The minimum Gasteiger partial charge on any atom is -0.490 e. The monoisotopic (exact) mass is 252 g/mol. The molecule has 102 valence electrons. The smallest absolute Gasteiger partial charge is 0.168 e. The molecule has 0 fully saturated rings. The molecule has 2 N–H and O–H groups in total. The minimum atomic E-state index is -0.741. The van der Waals surface area contributed by atoms with Crippen LogP contribution in [0.3, 0.4) is 0 Å². The fraction of sp³-hybridized carbons (Fsp3) is 0.643. The van der Waals surface area contributed by atoms with Crippen LogP contribution in [0.1, 0.15) is 34.1 Å². The van der Waals surface area contributed by atoms with Crippen molar-refractivity contribution < 1.29 is 9.84 Å². The molecule has 0 aliphatic heterocycles. The molecule has 0 aliphatic carbocycles.